The highest BCUT2D eigenvalue weighted by atomic mass is 19.4. The second-order valence-electron chi connectivity index (χ2n) is 13.7. The van der Waals surface area contributed by atoms with E-state index in [1.807, 2.05) is 36.7 Å². The van der Waals surface area contributed by atoms with Crippen molar-refractivity contribution in [1.29, 1.82) is 0 Å². The van der Waals surface area contributed by atoms with E-state index >= 15 is 0 Å². The van der Waals surface area contributed by atoms with Gasteiger partial charge in [-0.25, -0.2) is 0 Å². The molecule has 236 valence electrons. The average molecular weight is 619 g/mol. The Labute approximate surface area is 260 Å². The number of rotatable bonds is 6. The molecule has 1 saturated carbocycles. The van der Waals surface area contributed by atoms with Gasteiger partial charge in [-0.3, -0.25) is 14.5 Å². The molecule has 3 fully saturated rings. The Morgan fingerprint density at radius 1 is 1.16 bits per heavy atom. The summed E-state index contributed by atoms with van der Waals surface area (Å²) >= 11 is 0. The number of aryl methyl sites for hydroxylation is 1. The number of benzene rings is 2. The van der Waals surface area contributed by atoms with Crippen LogP contribution in [0.5, 0.6) is 0 Å². The van der Waals surface area contributed by atoms with Crippen molar-refractivity contribution < 1.29 is 22.8 Å². The Morgan fingerprint density at radius 3 is 2.56 bits per heavy atom. The van der Waals surface area contributed by atoms with Crippen LogP contribution in [0, 0.1) is 11.3 Å². The third-order valence-corrected chi connectivity index (χ3v) is 10.6. The summed E-state index contributed by atoms with van der Waals surface area (Å²) in [6.45, 7) is 10.2. The van der Waals surface area contributed by atoms with E-state index < -0.39 is 17.6 Å². The Hall–Kier alpha value is -3.99. The van der Waals surface area contributed by atoms with E-state index in [0.717, 1.165) is 30.7 Å². The van der Waals surface area contributed by atoms with Crippen LogP contribution in [0.15, 0.2) is 55.4 Å². The third-order valence-electron chi connectivity index (χ3n) is 10.6. The summed E-state index contributed by atoms with van der Waals surface area (Å²) in [5.74, 6) is 0.811. The van der Waals surface area contributed by atoms with Crippen molar-refractivity contribution >= 4 is 17.5 Å². The number of likely N-dealkylation sites (tertiary alicyclic amines) is 2. The van der Waals surface area contributed by atoms with Crippen LogP contribution in [0.4, 0.5) is 18.9 Å². The van der Waals surface area contributed by atoms with Crippen LogP contribution in [0.2, 0.25) is 0 Å². The lowest BCUT2D eigenvalue weighted by atomic mass is 9.58. The van der Waals surface area contributed by atoms with Gasteiger partial charge in [-0.1, -0.05) is 25.6 Å². The molecule has 45 heavy (non-hydrogen) atoms. The lowest BCUT2D eigenvalue weighted by Crippen LogP contribution is -2.59. The standard InChI is InChI=1S/C34H37F3N6O2/c1-5-29(44)42-18-32(19-42)9-10-41(17-32)22(3)23-11-26-27(28(12-23)34(35,36)37)16-43(30(26)45)25-8-6-7-24(13-25)33(14-21(2)15-33)31-39-38-20-40(31)4/h5-8,11-13,20-22H,1,9-10,14-19H2,2-4H3/t21?,22-,33?/m0/s1. The van der Waals surface area contributed by atoms with E-state index in [0.29, 0.717) is 43.3 Å². The highest BCUT2D eigenvalue weighted by molar-refractivity contribution is 6.10. The first kappa shape index (κ1) is 29.7. The molecular formula is C34H37F3N6O2. The van der Waals surface area contributed by atoms with Gasteiger partial charge < -0.3 is 14.4 Å². The van der Waals surface area contributed by atoms with Gasteiger partial charge in [0.2, 0.25) is 5.91 Å². The summed E-state index contributed by atoms with van der Waals surface area (Å²) in [7, 11) is 1.91. The molecule has 2 saturated heterocycles. The van der Waals surface area contributed by atoms with Crippen LogP contribution in [0.3, 0.4) is 0 Å². The number of hydrogen-bond donors (Lipinski definition) is 0. The normalized spacial score (nSPS) is 24.8. The van der Waals surface area contributed by atoms with E-state index in [-0.39, 0.29) is 40.5 Å². The van der Waals surface area contributed by atoms with Crippen LogP contribution in [0.25, 0.3) is 0 Å². The quantitative estimate of drug-likeness (QED) is 0.342. The SMILES string of the molecule is C=CC(=O)N1CC2(CCN([C@@H](C)c3cc4c(c(C(F)(F)F)c3)CN(c3cccc(C5(c6nncn6C)CC(C)C5)c3)C4=O)C2)C1. The Bertz CT molecular complexity index is 1700. The number of anilines is 1. The third kappa shape index (κ3) is 4.69. The van der Waals surface area contributed by atoms with Gasteiger partial charge in [0.05, 0.1) is 17.5 Å². The van der Waals surface area contributed by atoms with Gasteiger partial charge in [-0.2, -0.15) is 13.2 Å². The van der Waals surface area contributed by atoms with Crippen LogP contribution >= 0.6 is 0 Å². The molecule has 7 rings (SSSR count). The first-order valence-electron chi connectivity index (χ1n) is 15.5. The maximum absolute atomic E-state index is 14.6. The van der Waals surface area contributed by atoms with Crippen molar-refractivity contribution in [2.75, 3.05) is 31.1 Å². The summed E-state index contributed by atoms with van der Waals surface area (Å²) in [6.07, 6.45) is 0.988. The molecule has 1 aliphatic carbocycles. The van der Waals surface area contributed by atoms with Crippen LogP contribution in [-0.4, -0.2) is 62.6 Å². The average Bonchev–Trinajstić information content (AvgIpc) is 3.70. The molecule has 3 aliphatic heterocycles. The van der Waals surface area contributed by atoms with Crippen molar-refractivity contribution in [3.63, 3.8) is 0 Å². The number of carbonyl (C=O) groups is 2. The van der Waals surface area contributed by atoms with Crippen LogP contribution in [-0.2, 0) is 30.0 Å². The predicted molar refractivity (Wildman–Crippen MR) is 162 cm³/mol. The zero-order valence-corrected chi connectivity index (χ0v) is 25.8. The lowest BCUT2D eigenvalue weighted by Gasteiger charge is -2.48. The van der Waals surface area contributed by atoms with Crippen molar-refractivity contribution in [2.45, 2.75) is 57.3 Å². The minimum Gasteiger partial charge on any atom is -0.338 e. The molecule has 2 amide bonds. The molecule has 0 unspecified atom stereocenters. The van der Waals surface area contributed by atoms with Gasteiger partial charge in [0.15, 0.2) is 0 Å². The zero-order valence-electron chi connectivity index (χ0n) is 25.8. The molecule has 4 heterocycles. The number of hydrogen-bond acceptors (Lipinski definition) is 5. The van der Waals surface area contributed by atoms with Gasteiger partial charge >= 0.3 is 6.18 Å². The van der Waals surface area contributed by atoms with E-state index in [4.69, 9.17) is 0 Å². The van der Waals surface area contributed by atoms with Gasteiger partial charge in [-0.15, -0.1) is 10.2 Å². The van der Waals surface area contributed by atoms with Gasteiger partial charge in [-0.05, 0) is 85.7 Å². The summed E-state index contributed by atoms with van der Waals surface area (Å²) < 4.78 is 45.6. The first-order valence-corrected chi connectivity index (χ1v) is 15.5. The fourth-order valence-corrected chi connectivity index (χ4v) is 8.32. The van der Waals surface area contributed by atoms with Crippen molar-refractivity contribution in [1.82, 2.24) is 24.6 Å². The lowest BCUT2D eigenvalue weighted by molar-refractivity contribution is -0.138. The summed E-state index contributed by atoms with van der Waals surface area (Å²) in [5, 5.41) is 8.50. The molecule has 1 aromatic heterocycles. The molecule has 0 N–H and O–H groups in total. The Kier molecular flexibility index (Phi) is 6.78. The fraction of sp³-hybridized carbons (Fsp3) is 0.471. The highest BCUT2D eigenvalue weighted by Crippen LogP contribution is 2.52. The van der Waals surface area contributed by atoms with Crippen LogP contribution < -0.4 is 4.90 Å². The number of aromatic nitrogens is 3. The predicted octanol–water partition coefficient (Wildman–Crippen LogP) is 5.49. The minimum atomic E-state index is -4.61. The van der Waals surface area contributed by atoms with Crippen molar-refractivity contribution in [3.05, 3.63) is 89.0 Å². The molecule has 0 bridgehead atoms. The summed E-state index contributed by atoms with van der Waals surface area (Å²) in [4.78, 5) is 31.3. The second-order valence-corrected chi connectivity index (χ2v) is 13.7. The number of halogens is 3. The number of fused-ring (bicyclic) bond motifs is 1. The van der Waals surface area contributed by atoms with Crippen molar-refractivity contribution in [3.8, 4) is 0 Å². The molecule has 1 atom stereocenters. The number of alkyl halides is 3. The van der Waals surface area contributed by atoms with E-state index in [9.17, 15) is 22.8 Å². The second kappa shape index (κ2) is 10.3. The molecular weight excluding hydrogens is 581 g/mol. The molecule has 4 aliphatic rings. The number of carbonyl (C=O) groups excluding carboxylic acids is 2. The Balaban J connectivity index is 1.18. The smallest absolute Gasteiger partial charge is 0.338 e. The molecule has 0 radical (unpaired) electrons. The maximum atomic E-state index is 14.6. The monoisotopic (exact) mass is 618 g/mol. The molecule has 2 aromatic carbocycles. The van der Waals surface area contributed by atoms with E-state index in [2.05, 4.69) is 28.6 Å². The number of nitrogens with zero attached hydrogens (tertiary/aromatic N) is 6. The largest absolute Gasteiger partial charge is 0.416 e. The van der Waals surface area contributed by atoms with Gasteiger partial charge in [0.1, 0.15) is 12.2 Å². The maximum Gasteiger partial charge on any atom is 0.416 e. The zero-order chi connectivity index (χ0) is 31.9. The highest BCUT2D eigenvalue weighted by Gasteiger charge is 2.51. The summed E-state index contributed by atoms with van der Waals surface area (Å²) in [5.41, 5.74) is 0.997. The molecule has 8 nitrogen and oxygen atoms in total. The summed E-state index contributed by atoms with van der Waals surface area (Å²) in [6, 6.07) is 10.2. The molecule has 1 spiro atoms. The molecule has 11 heteroatoms. The minimum absolute atomic E-state index is 0.0181. The van der Waals surface area contributed by atoms with E-state index in [1.54, 1.807) is 23.4 Å². The van der Waals surface area contributed by atoms with Crippen molar-refractivity contribution in [2.24, 2.45) is 18.4 Å². The topological polar surface area (TPSA) is 74.6 Å². The Morgan fingerprint density at radius 2 is 1.91 bits per heavy atom. The molecule has 3 aromatic rings. The van der Waals surface area contributed by atoms with Crippen LogP contribution in [0.1, 0.15) is 77.6 Å². The van der Waals surface area contributed by atoms with Gasteiger partial charge in [0, 0.05) is 49.4 Å². The first-order chi connectivity index (χ1) is 21.3. The van der Waals surface area contributed by atoms with E-state index in [1.165, 1.54) is 17.0 Å². The fourth-order valence-electron chi connectivity index (χ4n) is 8.32. The van der Waals surface area contributed by atoms with Gasteiger partial charge in [0.25, 0.3) is 5.91 Å². The number of amides is 2.